The Hall–Kier alpha value is -2.13. The zero-order valence-electron chi connectivity index (χ0n) is 10.4. The van der Waals surface area contributed by atoms with Crippen molar-refractivity contribution in [1.82, 2.24) is 5.32 Å². The highest BCUT2D eigenvalue weighted by Crippen LogP contribution is 2.28. The zero-order valence-corrected chi connectivity index (χ0v) is 10.4. The van der Waals surface area contributed by atoms with Gasteiger partial charge in [-0.1, -0.05) is 13.0 Å². The summed E-state index contributed by atoms with van der Waals surface area (Å²) in [5.41, 5.74) is 0.310. The number of nitrogens with zero attached hydrogens (tertiary/aromatic N) is 2. The molecule has 0 bridgehead atoms. The monoisotopic (exact) mass is 248 g/mol. The lowest BCUT2D eigenvalue weighted by molar-refractivity contribution is -0.384. The Kier molecular flexibility index (Phi) is 5.08. The van der Waals surface area contributed by atoms with Crippen molar-refractivity contribution in [3.63, 3.8) is 0 Å². The summed E-state index contributed by atoms with van der Waals surface area (Å²) in [5, 5.41) is 25.9. The molecule has 1 aromatic carbocycles. The summed E-state index contributed by atoms with van der Waals surface area (Å²) >= 11 is 0. The molecular weight excluding hydrogens is 232 g/mol. The summed E-state index contributed by atoms with van der Waals surface area (Å²) in [6, 6.07) is 6.53. The highest BCUT2D eigenvalue weighted by molar-refractivity contribution is 5.68. The van der Waals surface area contributed by atoms with Crippen LogP contribution < -0.4 is 10.6 Å². The van der Waals surface area contributed by atoms with Gasteiger partial charge in [0, 0.05) is 6.54 Å². The minimum atomic E-state index is -0.524. The smallest absolute Gasteiger partial charge is 0.309 e. The van der Waals surface area contributed by atoms with Gasteiger partial charge in [0.1, 0.15) is 17.3 Å². The molecule has 0 aliphatic heterocycles. The molecule has 0 radical (unpaired) electrons. The highest BCUT2D eigenvalue weighted by atomic mass is 16.6. The zero-order chi connectivity index (χ0) is 13.5. The average Bonchev–Trinajstić information content (AvgIpc) is 2.35. The fourth-order valence-electron chi connectivity index (χ4n) is 1.68. The molecular formula is C12H16N4O2. The third-order valence-electron chi connectivity index (χ3n) is 2.53. The summed E-state index contributed by atoms with van der Waals surface area (Å²) in [6.07, 6.45) is 0. The molecule has 1 unspecified atom stereocenters. The number of benzene rings is 1. The Bertz CT molecular complexity index is 468. The minimum Gasteiger partial charge on any atom is -0.379 e. The second kappa shape index (κ2) is 6.57. The van der Waals surface area contributed by atoms with Crippen LogP contribution in [0.5, 0.6) is 0 Å². The number of nitrogens with one attached hydrogen (secondary N) is 2. The van der Waals surface area contributed by atoms with Crippen LogP contribution in [0.15, 0.2) is 18.2 Å². The first-order valence-corrected chi connectivity index (χ1v) is 5.66. The molecule has 1 rings (SSSR count). The van der Waals surface area contributed by atoms with Crippen LogP contribution in [0.3, 0.4) is 0 Å². The van der Waals surface area contributed by atoms with Crippen LogP contribution in [0.4, 0.5) is 11.4 Å². The van der Waals surface area contributed by atoms with E-state index < -0.39 is 4.92 Å². The molecule has 96 valence electrons. The first-order valence-electron chi connectivity index (χ1n) is 5.66. The van der Waals surface area contributed by atoms with Gasteiger partial charge < -0.3 is 10.6 Å². The Morgan fingerprint density at radius 3 is 2.78 bits per heavy atom. The molecule has 0 amide bonds. The second-order valence-electron chi connectivity index (χ2n) is 4.11. The summed E-state index contributed by atoms with van der Waals surface area (Å²) in [5.74, 6) is 0.334. The van der Waals surface area contributed by atoms with E-state index in [1.807, 2.05) is 20.0 Å². The molecule has 1 aromatic rings. The van der Waals surface area contributed by atoms with Crippen LogP contribution in [0, 0.1) is 27.4 Å². The van der Waals surface area contributed by atoms with E-state index in [0.717, 1.165) is 6.54 Å². The van der Waals surface area contributed by atoms with Gasteiger partial charge in [0.25, 0.3) is 0 Å². The van der Waals surface area contributed by atoms with Crippen molar-refractivity contribution in [2.24, 2.45) is 5.92 Å². The van der Waals surface area contributed by atoms with E-state index in [0.29, 0.717) is 18.2 Å². The maximum Gasteiger partial charge on any atom is 0.309 e. The second-order valence-corrected chi connectivity index (χ2v) is 4.11. The van der Waals surface area contributed by atoms with E-state index >= 15 is 0 Å². The number of nitro benzene ring substituents is 1. The fraction of sp³-hybridized carbons (Fsp3) is 0.417. The number of para-hydroxylation sites is 1. The largest absolute Gasteiger partial charge is 0.379 e. The third-order valence-corrected chi connectivity index (χ3v) is 2.53. The summed E-state index contributed by atoms with van der Waals surface area (Å²) in [6.45, 7) is 3.46. The van der Waals surface area contributed by atoms with Gasteiger partial charge in [0.15, 0.2) is 0 Å². The van der Waals surface area contributed by atoms with Crippen LogP contribution in [0.1, 0.15) is 12.5 Å². The fourth-order valence-corrected chi connectivity index (χ4v) is 1.68. The molecule has 0 heterocycles. The van der Waals surface area contributed by atoms with Crippen molar-refractivity contribution in [2.45, 2.75) is 6.92 Å². The van der Waals surface area contributed by atoms with Crippen LogP contribution in [-0.4, -0.2) is 25.1 Å². The van der Waals surface area contributed by atoms with Crippen LogP contribution in [-0.2, 0) is 0 Å². The predicted octanol–water partition coefficient (Wildman–Crippen LogP) is 1.73. The Balaban J connectivity index is 2.89. The molecule has 0 aliphatic rings. The number of hydrogen-bond acceptors (Lipinski definition) is 5. The van der Waals surface area contributed by atoms with Gasteiger partial charge in [0.2, 0.25) is 0 Å². The molecule has 18 heavy (non-hydrogen) atoms. The van der Waals surface area contributed by atoms with Crippen molar-refractivity contribution in [3.8, 4) is 6.07 Å². The average molecular weight is 248 g/mol. The SMILES string of the molecule is CNCC(C)CNc1cccc(C#N)c1[N+](=O)[O-]. The first-order chi connectivity index (χ1) is 8.60. The Morgan fingerprint density at radius 1 is 1.50 bits per heavy atom. The Labute approximate surface area is 106 Å². The summed E-state index contributed by atoms with van der Waals surface area (Å²) in [7, 11) is 1.86. The quantitative estimate of drug-likeness (QED) is 0.591. The van der Waals surface area contributed by atoms with Gasteiger partial charge in [0.05, 0.1) is 4.92 Å². The number of anilines is 1. The maximum atomic E-state index is 11.0. The van der Waals surface area contributed by atoms with Crippen molar-refractivity contribution >= 4 is 11.4 Å². The molecule has 0 aromatic heterocycles. The number of nitriles is 1. The van der Waals surface area contributed by atoms with Gasteiger partial charge in [-0.2, -0.15) is 5.26 Å². The van der Waals surface area contributed by atoms with Crippen molar-refractivity contribution in [2.75, 3.05) is 25.5 Å². The molecule has 0 fully saturated rings. The standard InChI is InChI=1S/C12H16N4O2/c1-9(7-14-2)8-15-11-5-3-4-10(6-13)12(11)16(17)18/h3-5,9,14-15H,7-8H2,1-2H3. The Morgan fingerprint density at radius 2 is 2.22 bits per heavy atom. The molecule has 2 N–H and O–H groups in total. The normalized spacial score (nSPS) is 11.6. The van der Waals surface area contributed by atoms with Crippen LogP contribution >= 0.6 is 0 Å². The van der Waals surface area contributed by atoms with Gasteiger partial charge in [-0.15, -0.1) is 0 Å². The highest BCUT2D eigenvalue weighted by Gasteiger charge is 2.19. The van der Waals surface area contributed by atoms with Gasteiger partial charge >= 0.3 is 5.69 Å². The van der Waals surface area contributed by atoms with E-state index in [1.54, 1.807) is 12.1 Å². The van der Waals surface area contributed by atoms with Crippen LogP contribution in [0.25, 0.3) is 0 Å². The lowest BCUT2D eigenvalue weighted by Crippen LogP contribution is -2.23. The molecule has 0 saturated carbocycles. The van der Waals surface area contributed by atoms with Crippen LogP contribution in [0.2, 0.25) is 0 Å². The van der Waals surface area contributed by atoms with Crippen molar-refractivity contribution in [1.29, 1.82) is 5.26 Å². The maximum absolute atomic E-state index is 11.0. The molecule has 0 spiro atoms. The van der Waals surface area contributed by atoms with E-state index in [-0.39, 0.29) is 11.3 Å². The third kappa shape index (κ3) is 3.43. The van der Waals surface area contributed by atoms with Gasteiger partial charge in [-0.05, 0) is 31.6 Å². The molecule has 6 nitrogen and oxygen atoms in total. The number of nitro groups is 1. The summed E-state index contributed by atoms with van der Waals surface area (Å²) in [4.78, 5) is 10.4. The first kappa shape index (κ1) is 13.9. The lowest BCUT2D eigenvalue weighted by atomic mass is 10.1. The molecule has 6 heteroatoms. The molecule has 1 atom stereocenters. The van der Waals surface area contributed by atoms with Crippen molar-refractivity contribution in [3.05, 3.63) is 33.9 Å². The van der Waals surface area contributed by atoms with Gasteiger partial charge in [-0.25, -0.2) is 0 Å². The topological polar surface area (TPSA) is 91.0 Å². The molecule has 0 aliphatic carbocycles. The van der Waals surface area contributed by atoms with E-state index in [1.165, 1.54) is 6.07 Å². The number of rotatable bonds is 6. The number of hydrogen-bond donors (Lipinski definition) is 2. The molecule has 0 saturated heterocycles. The van der Waals surface area contributed by atoms with E-state index in [4.69, 9.17) is 5.26 Å². The van der Waals surface area contributed by atoms with Gasteiger partial charge in [-0.3, -0.25) is 10.1 Å². The van der Waals surface area contributed by atoms with E-state index in [9.17, 15) is 10.1 Å². The van der Waals surface area contributed by atoms with Crippen molar-refractivity contribution < 1.29 is 4.92 Å². The lowest BCUT2D eigenvalue weighted by Gasteiger charge is -2.13. The summed E-state index contributed by atoms with van der Waals surface area (Å²) < 4.78 is 0. The minimum absolute atomic E-state index is 0.0752. The predicted molar refractivity (Wildman–Crippen MR) is 69.4 cm³/mol. The van der Waals surface area contributed by atoms with E-state index in [2.05, 4.69) is 10.6 Å².